The third-order valence-corrected chi connectivity index (χ3v) is 3.96. The minimum absolute atomic E-state index is 0.112. The Hall–Kier alpha value is -1.22. The summed E-state index contributed by atoms with van der Waals surface area (Å²) >= 11 is 0. The molecule has 3 rings (SSSR count). The summed E-state index contributed by atoms with van der Waals surface area (Å²) in [5, 5.41) is 0. The van der Waals surface area contributed by atoms with Crippen LogP contribution in [0.3, 0.4) is 0 Å². The predicted octanol–water partition coefficient (Wildman–Crippen LogP) is 3.13. The van der Waals surface area contributed by atoms with Gasteiger partial charge in [-0.15, -0.1) is 0 Å². The number of carbonyl (C=O) groups is 1. The molecule has 0 N–H and O–H groups in total. The van der Waals surface area contributed by atoms with Crippen molar-refractivity contribution in [1.82, 2.24) is 4.90 Å². The summed E-state index contributed by atoms with van der Waals surface area (Å²) in [4.78, 5) is 14.5. The van der Waals surface area contributed by atoms with E-state index in [9.17, 15) is 9.18 Å². The lowest BCUT2D eigenvalue weighted by Gasteiger charge is -2.21. The van der Waals surface area contributed by atoms with Gasteiger partial charge in [-0.3, -0.25) is 9.69 Å². The van der Waals surface area contributed by atoms with Gasteiger partial charge in [0, 0.05) is 18.7 Å². The van der Waals surface area contributed by atoms with Crippen LogP contribution in [0.4, 0.5) is 4.39 Å². The van der Waals surface area contributed by atoms with Gasteiger partial charge in [0.25, 0.3) is 0 Å². The van der Waals surface area contributed by atoms with Crippen LogP contribution in [0.5, 0.6) is 0 Å². The van der Waals surface area contributed by atoms with Crippen LogP contribution in [0.15, 0.2) is 24.3 Å². The standard InChI is InChI=1S/C16H20FNO/c17-15-7-5-14(6-8-15)16(19)11-18(9-12-1-2-12)10-13-3-4-13/h5-8,12-13H,1-4,9-11H2. The number of ketones is 1. The second kappa shape index (κ2) is 5.41. The highest BCUT2D eigenvalue weighted by Gasteiger charge is 2.30. The molecule has 0 bridgehead atoms. The van der Waals surface area contributed by atoms with Crippen LogP contribution in [0.1, 0.15) is 36.0 Å². The number of nitrogens with zero attached hydrogens (tertiary/aromatic N) is 1. The summed E-state index contributed by atoms with van der Waals surface area (Å²) in [5.41, 5.74) is 0.623. The summed E-state index contributed by atoms with van der Waals surface area (Å²) in [6, 6.07) is 5.90. The van der Waals surface area contributed by atoms with E-state index in [0.717, 1.165) is 24.9 Å². The molecular weight excluding hydrogens is 241 g/mol. The molecule has 2 aliphatic carbocycles. The summed E-state index contributed by atoms with van der Waals surface area (Å²) < 4.78 is 12.9. The smallest absolute Gasteiger partial charge is 0.176 e. The van der Waals surface area contributed by atoms with E-state index in [4.69, 9.17) is 0 Å². The molecule has 0 amide bonds. The molecule has 0 heterocycles. The van der Waals surface area contributed by atoms with Crippen molar-refractivity contribution in [3.63, 3.8) is 0 Å². The number of carbonyl (C=O) groups excluding carboxylic acids is 1. The van der Waals surface area contributed by atoms with Crippen molar-refractivity contribution < 1.29 is 9.18 Å². The molecule has 0 aliphatic heterocycles. The quantitative estimate of drug-likeness (QED) is 0.703. The molecule has 2 saturated carbocycles. The van der Waals surface area contributed by atoms with Crippen molar-refractivity contribution in [1.29, 1.82) is 0 Å². The number of hydrogen-bond donors (Lipinski definition) is 0. The molecule has 1 aromatic carbocycles. The highest BCUT2D eigenvalue weighted by Crippen LogP contribution is 2.33. The van der Waals surface area contributed by atoms with Crippen molar-refractivity contribution in [2.75, 3.05) is 19.6 Å². The first kappa shape index (κ1) is 12.8. The minimum Gasteiger partial charge on any atom is -0.295 e. The van der Waals surface area contributed by atoms with Gasteiger partial charge in [0.05, 0.1) is 6.54 Å². The molecule has 3 heteroatoms. The lowest BCUT2D eigenvalue weighted by atomic mass is 10.1. The second-order valence-corrected chi connectivity index (χ2v) is 6.01. The van der Waals surface area contributed by atoms with Crippen LogP contribution < -0.4 is 0 Å². The van der Waals surface area contributed by atoms with Gasteiger partial charge >= 0.3 is 0 Å². The number of benzene rings is 1. The summed E-state index contributed by atoms with van der Waals surface area (Å²) in [7, 11) is 0. The van der Waals surface area contributed by atoms with Crippen LogP contribution in [0, 0.1) is 17.7 Å². The van der Waals surface area contributed by atoms with Crippen molar-refractivity contribution in [3.05, 3.63) is 35.6 Å². The van der Waals surface area contributed by atoms with Crippen LogP contribution in [0.2, 0.25) is 0 Å². The zero-order valence-electron chi connectivity index (χ0n) is 11.1. The molecule has 2 aliphatic rings. The fraction of sp³-hybridized carbons (Fsp3) is 0.562. The first-order valence-electron chi connectivity index (χ1n) is 7.22. The molecule has 0 radical (unpaired) electrons. The maximum absolute atomic E-state index is 12.9. The Bertz CT molecular complexity index is 434. The monoisotopic (exact) mass is 261 g/mol. The average molecular weight is 261 g/mol. The molecule has 1 aromatic rings. The van der Waals surface area contributed by atoms with Crippen molar-refractivity contribution >= 4 is 5.78 Å². The van der Waals surface area contributed by atoms with Crippen molar-refractivity contribution in [2.45, 2.75) is 25.7 Å². The SMILES string of the molecule is O=C(CN(CC1CC1)CC1CC1)c1ccc(F)cc1. The minimum atomic E-state index is -0.288. The zero-order chi connectivity index (χ0) is 13.2. The van der Waals surface area contributed by atoms with Gasteiger partial charge in [-0.1, -0.05) is 0 Å². The predicted molar refractivity (Wildman–Crippen MR) is 72.6 cm³/mol. The summed E-state index contributed by atoms with van der Waals surface area (Å²) in [6.45, 7) is 2.60. The van der Waals surface area contributed by atoms with Crippen molar-refractivity contribution in [2.24, 2.45) is 11.8 Å². The fourth-order valence-electron chi connectivity index (χ4n) is 2.46. The van der Waals surface area contributed by atoms with Gasteiger partial charge in [0.2, 0.25) is 0 Å². The fourth-order valence-corrected chi connectivity index (χ4v) is 2.46. The number of halogens is 1. The average Bonchev–Trinajstić information content (AvgIpc) is 3.26. The van der Waals surface area contributed by atoms with E-state index in [1.165, 1.54) is 37.8 Å². The molecule has 19 heavy (non-hydrogen) atoms. The van der Waals surface area contributed by atoms with Gasteiger partial charge in [-0.05, 0) is 61.8 Å². The normalized spacial score (nSPS) is 18.8. The second-order valence-electron chi connectivity index (χ2n) is 6.01. The number of rotatable bonds is 7. The van der Waals surface area contributed by atoms with E-state index in [1.807, 2.05) is 0 Å². The highest BCUT2D eigenvalue weighted by molar-refractivity contribution is 5.97. The first-order valence-corrected chi connectivity index (χ1v) is 7.22. The molecule has 2 fully saturated rings. The lowest BCUT2D eigenvalue weighted by molar-refractivity contribution is 0.0923. The Labute approximate surface area is 113 Å². The molecule has 0 saturated heterocycles. The van der Waals surface area contributed by atoms with E-state index in [1.54, 1.807) is 12.1 Å². The summed E-state index contributed by atoms with van der Waals surface area (Å²) in [5.74, 6) is 1.44. The molecule has 0 atom stereocenters. The largest absolute Gasteiger partial charge is 0.295 e. The van der Waals surface area contributed by atoms with E-state index in [-0.39, 0.29) is 11.6 Å². The van der Waals surface area contributed by atoms with E-state index in [2.05, 4.69) is 4.90 Å². The summed E-state index contributed by atoms with van der Waals surface area (Å²) in [6.07, 6.45) is 5.25. The molecule has 0 aromatic heterocycles. The van der Waals surface area contributed by atoms with Crippen LogP contribution >= 0.6 is 0 Å². The van der Waals surface area contributed by atoms with E-state index < -0.39 is 0 Å². The first-order chi connectivity index (χ1) is 9.20. The Morgan fingerprint density at radius 2 is 1.58 bits per heavy atom. The maximum atomic E-state index is 12.9. The van der Waals surface area contributed by atoms with Gasteiger partial charge in [0.15, 0.2) is 5.78 Å². The molecule has 102 valence electrons. The third-order valence-electron chi connectivity index (χ3n) is 3.96. The van der Waals surface area contributed by atoms with Crippen molar-refractivity contribution in [3.8, 4) is 0 Å². The van der Waals surface area contributed by atoms with Crippen LogP contribution in [-0.4, -0.2) is 30.3 Å². The lowest BCUT2D eigenvalue weighted by Crippen LogP contribution is -2.33. The van der Waals surface area contributed by atoms with Gasteiger partial charge < -0.3 is 0 Å². The zero-order valence-corrected chi connectivity index (χ0v) is 11.1. The molecule has 2 nitrogen and oxygen atoms in total. The van der Waals surface area contributed by atoms with Gasteiger partial charge in [-0.2, -0.15) is 0 Å². The van der Waals surface area contributed by atoms with E-state index >= 15 is 0 Å². The molecule has 0 unspecified atom stereocenters. The van der Waals surface area contributed by atoms with Crippen LogP contribution in [0.25, 0.3) is 0 Å². The Balaban J connectivity index is 1.59. The van der Waals surface area contributed by atoms with Gasteiger partial charge in [-0.25, -0.2) is 4.39 Å². The third kappa shape index (κ3) is 3.87. The Morgan fingerprint density at radius 1 is 1.05 bits per heavy atom. The van der Waals surface area contributed by atoms with E-state index in [0.29, 0.717) is 12.1 Å². The highest BCUT2D eigenvalue weighted by atomic mass is 19.1. The molecule has 0 spiro atoms. The topological polar surface area (TPSA) is 20.3 Å². The van der Waals surface area contributed by atoms with Crippen LogP contribution in [-0.2, 0) is 0 Å². The number of Topliss-reactive ketones (excluding diaryl/α,β-unsaturated/α-hetero) is 1. The van der Waals surface area contributed by atoms with Gasteiger partial charge in [0.1, 0.15) is 5.82 Å². The Kier molecular flexibility index (Phi) is 3.65. The maximum Gasteiger partial charge on any atom is 0.176 e. The Morgan fingerprint density at radius 3 is 2.05 bits per heavy atom. The molecular formula is C16H20FNO. The number of hydrogen-bond acceptors (Lipinski definition) is 2.